The summed E-state index contributed by atoms with van der Waals surface area (Å²) in [6.45, 7) is 2.43. The van der Waals surface area contributed by atoms with Gasteiger partial charge in [-0.15, -0.1) is 5.10 Å². The molecule has 2 heterocycles. The van der Waals surface area contributed by atoms with Gasteiger partial charge in [0.25, 0.3) is 0 Å². The van der Waals surface area contributed by atoms with E-state index in [0.717, 1.165) is 10.9 Å². The number of hydrogen-bond acceptors (Lipinski definition) is 6. The summed E-state index contributed by atoms with van der Waals surface area (Å²) in [6, 6.07) is 0.270. The van der Waals surface area contributed by atoms with E-state index >= 15 is 0 Å². The Hall–Kier alpha value is -4.12. The number of hydrogen-bond donors (Lipinski definition) is 2. The van der Waals surface area contributed by atoms with Gasteiger partial charge in [0.1, 0.15) is 0 Å². The Bertz CT molecular complexity index is 1250. The molecule has 0 fully saturated rings. The van der Waals surface area contributed by atoms with Gasteiger partial charge in [0, 0.05) is 13.2 Å². The third-order valence-electron chi connectivity index (χ3n) is 4.38. The number of rotatable bonds is 9. The van der Waals surface area contributed by atoms with Gasteiger partial charge >= 0.3 is 24.6 Å². The lowest BCUT2D eigenvalue weighted by Crippen LogP contribution is -2.35. The summed E-state index contributed by atoms with van der Waals surface area (Å²) < 4.78 is 119. The first kappa shape index (κ1) is 31.1. The number of aliphatic imine (C=N–C) groups is 1. The first-order valence-corrected chi connectivity index (χ1v) is 10.5. The number of amides is 2. The number of halogens is 9. The van der Waals surface area contributed by atoms with Crippen LogP contribution >= 0.6 is 0 Å². The number of ether oxygens (including phenoxy) is 1. The summed E-state index contributed by atoms with van der Waals surface area (Å²) in [5, 5.41) is 15.2. The average Bonchev–Trinajstić information content (AvgIpc) is 3.19. The Morgan fingerprint density at radius 3 is 2.36 bits per heavy atom. The fourth-order valence-corrected chi connectivity index (χ4v) is 2.82. The van der Waals surface area contributed by atoms with E-state index in [0.29, 0.717) is 12.3 Å². The smallest absolute Gasteiger partial charge is 0.435 e. The number of aromatic nitrogens is 4. The predicted molar refractivity (Wildman–Crippen MR) is 118 cm³/mol. The maximum absolute atomic E-state index is 13.3. The quantitative estimate of drug-likeness (QED) is 0.251. The minimum absolute atomic E-state index is 0.0901. The van der Waals surface area contributed by atoms with Crippen LogP contribution in [0.25, 0.3) is 11.3 Å². The van der Waals surface area contributed by atoms with Crippen molar-refractivity contribution in [1.29, 1.82) is 0 Å². The van der Waals surface area contributed by atoms with Gasteiger partial charge in [0.2, 0.25) is 5.88 Å². The number of allylic oxidation sites excluding steroid dienone is 2. The highest BCUT2D eigenvalue weighted by molar-refractivity contribution is 5.87. The zero-order chi connectivity index (χ0) is 29.6. The van der Waals surface area contributed by atoms with Crippen LogP contribution in [0.5, 0.6) is 0 Å². The van der Waals surface area contributed by atoms with Crippen LogP contribution < -0.4 is 10.6 Å². The second-order valence-electron chi connectivity index (χ2n) is 7.77. The molecule has 18 heteroatoms. The van der Waals surface area contributed by atoms with Crippen molar-refractivity contribution in [1.82, 2.24) is 30.6 Å². The number of carbonyl (C=O) groups is 1. The van der Waals surface area contributed by atoms with E-state index in [1.807, 2.05) is 5.32 Å². The van der Waals surface area contributed by atoms with E-state index in [1.54, 1.807) is 0 Å². The molecule has 0 bridgehead atoms. The average molecular weight is 573 g/mol. The molecule has 0 unspecified atom stereocenters. The predicted octanol–water partition coefficient (Wildman–Crippen LogP) is 4.96. The van der Waals surface area contributed by atoms with E-state index in [4.69, 9.17) is 0 Å². The first-order valence-electron chi connectivity index (χ1n) is 10.5. The van der Waals surface area contributed by atoms with E-state index in [9.17, 15) is 44.3 Å². The minimum Gasteiger partial charge on any atom is -0.468 e. The minimum atomic E-state index is -4.75. The third-order valence-corrected chi connectivity index (χ3v) is 4.38. The number of aryl methyl sites for hydroxylation is 2. The van der Waals surface area contributed by atoms with Crippen LogP contribution in [0.4, 0.5) is 44.3 Å². The Labute approximate surface area is 214 Å². The number of nitrogens with one attached hydrogen (secondary N) is 2. The molecular formula is C21H20F9N7O2. The molecule has 0 radical (unpaired) electrons. The van der Waals surface area contributed by atoms with Crippen LogP contribution in [0.2, 0.25) is 0 Å². The van der Waals surface area contributed by atoms with Crippen LogP contribution in [-0.2, 0) is 24.5 Å². The summed E-state index contributed by atoms with van der Waals surface area (Å²) >= 11 is 0. The Kier molecular flexibility index (Phi) is 9.70. The molecule has 2 amide bonds. The standard InChI is InChI=1S/C21H20F9N7O2/c1-11-6-14(34-35-16(11)15-9-37(3)36-17(15)21(28,29)30)8-32-18(38)33-13(4-5-19(22,23)24)7-31-12(2)39-10-20(25,26)27/h4,6-7,9H,2,5,8,10H2,1,3H3,(H2,32,33,38)/b13-4+,31-7-. The highest BCUT2D eigenvalue weighted by atomic mass is 19.4. The molecule has 0 spiro atoms. The lowest BCUT2D eigenvalue weighted by atomic mass is 10.1. The van der Waals surface area contributed by atoms with E-state index in [1.165, 1.54) is 20.0 Å². The summed E-state index contributed by atoms with van der Waals surface area (Å²) in [5.41, 5.74) is -1.78. The second kappa shape index (κ2) is 12.2. The maximum Gasteiger partial charge on any atom is 0.435 e. The fourth-order valence-electron chi connectivity index (χ4n) is 2.82. The van der Waals surface area contributed by atoms with Crippen molar-refractivity contribution < 1.29 is 49.0 Å². The fraction of sp³-hybridized carbons (Fsp3) is 0.381. The van der Waals surface area contributed by atoms with Gasteiger partial charge < -0.3 is 15.4 Å². The number of nitrogens with zero attached hydrogens (tertiary/aromatic N) is 5. The summed E-state index contributed by atoms with van der Waals surface area (Å²) in [6.07, 6.45) is -13.4. The van der Waals surface area contributed by atoms with E-state index < -0.39 is 54.9 Å². The summed E-state index contributed by atoms with van der Waals surface area (Å²) in [4.78, 5) is 15.5. The normalized spacial score (nSPS) is 13.1. The number of alkyl halides is 9. The topological polar surface area (TPSA) is 106 Å². The zero-order valence-electron chi connectivity index (χ0n) is 20.1. The van der Waals surface area contributed by atoms with Crippen molar-refractivity contribution >= 4 is 12.2 Å². The van der Waals surface area contributed by atoms with Crippen LogP contribution in [-0.4, -0.2) is 51.2 Å². The molecule has 9 nitrogen and oxygen atoms in total. The lowest BCUT2D eigenvalue weighted by Gasteiger charge is -2.11. The zero-order valence-corrected chi connectivity index (χ0v) is 20.1. The molecule has 2 aromatic rings. The molecule has 214 valence electrons. The highest BCUT2D eigenvalue weighted by Crippen LogP contribution is 2.36. The maximum atomic E-state index is 13.3. The molecule has 0 aromatic carbocycles. The largest absolute Gasteiger partial charge is 0.468 e. The number of urea groups is 1. The summed E-state index contributed by atoms with van der Waals surface area (Å²) in [5.74, 6) is -0.777. The van der Waals surface area contributed by atoms with Crippen molar-refractivity contribution in [3.05, 3.63) is 53.4 Å². The van der Waals surface area contributed by atoms with Crippen LogP contribution in [0.15, 0.2) is 41.5 Å². The molecular weight excluding hydrogens is 553 g/mol. The van der Waals surface area contributed by atoms with E-state index in [2.05, 4.69) is 36.9 Å². The Morgan fingerprint density at radius 2 is 1.79 bits per heavy atom. The van der Waals surface area contributed by atoms with Gasteiger partial charge in [0.15, 0.2) is 12.3 Å². The van der Waals surface area contributed by atoms with Crippen LogP contribution in [0, 0.1) is 6.92 Å². The van der Waals surface area contributed by atoms with Gasteiger partial charge in [0.05, 0.1) is 41.8 Å². The molecule has 0 aliphatic rings. The van der Waals surface area contributed by atoms with Crippen molar-refractivity contribution in [2.45, 2.75) is 38.4 Å². The molecule has 0 aliphatic carbocycles. The van der Waals surface area contributed by atoms with Gasteiger partial charge in [-0.05, 0) is 25.1 Å². The van der Waals surface area contributed by atoms with Gasteiger partial charge in [-0.1, -0.05) is 6.08 Å². The molecule has 0 saturated heterocycles. The van der Waals surface area contributed by atoms with Crippen molar-refractivity contribution in [2.75, 3.05) is 6.61 Å². The van der Waals surface area contributed by atoms with Gasteiger partial charge in [-0.2, -0.15) is 49.7 Å². The lowest BCUT2D eigenvalue weighted by molar-refractivity contribution is -0.164. The third kappa shape index (κ3) is 10.6. The molecule has 39 heavy (non-hydrogen) atoms. The van der Waals surface area contributed by atoms with Gasteiger partial charge in [-0.3, -0.25) is 4.68 Å². The van der Waals surface area contributed by atoms with Crippen molar-refractivity contribution in [3.8, 4) is 11.3 Å². The SMILES string of the molecule is C=C(/N=C\C(=C/CC(F)(F)F)NC(=O)NCc1cc(C)c(-c2cn(C)nc2C(F)(F)F)nn1)OCC(F)(F)F. The summed E-state index contributed by atoms with van der Waals surface area (Å²) in [7, 11) is 1.30. The Balaban J connectivity index is 2.09. The van der Waals surface area contributed by atoms with Crippen LogP contribution in [0.1, 0.15) is 23.4 Å². The molecule has 0 atom stereocenters. The Morgan fingerprint density at radius 1 is 1.13 bits per heavy atom. The molecule has 2 rings (SSSR count). The molecule has 2 aromatic heterocycles. The van der Waals surface area contributed by atoms with E-state index in [-0.39, 0.29) is 29.1 Å². The van der Waals surface area contributed by atoms with Crippen molar-refractivity contribution in [2.24, 2.45) is 12.0 Å². The molecule has 2 N–H and O–H groups in total. The second-order valence-corrected chi connectivity index (χ2v) is 7.77. The molecule has 0 saturated carbocycles. The highest BCUT2D eigenvalue weighted by Gasteiger charge is 2.38. The first-order chi connectivity index (χ1) is 17.8. The molecule has 0 aliphatic heterocycles. The van der Waals surface area contributed by atoms with Gasteiger partial charge in [-0.25, -0.2) is 9.79 Å². The number of carbonyl (C=O) groups excluding carboxylic acids is 1. The monoisotopic (exact) mass is 573 g/mol. The van der Waals surface area contributed by atoms with Crippen molar-refractivity contribution in [3.63, 3.8) is 0 Å². The van der Waals surface area contributed by atoms with Crippen LogP contribution in [0.3, 0.4) is 0 Å².